The molecule has 1 aliphatic rings. The van der Waals surface area contributed by atoms with E-state index in [1.807, 2.05) is 17.5 Å². The topological polar surface area (TPSA) is 28.2 Å². The molecule has 0 saturated heterocycles. The van der Waals surface area contributed by atoms with Gasteiger partial charge in [-0.25, -0.2) is 4.98 Å². The summed E-state index contributed by atoms with van der Waals surface area (Å²) < 4.78 is 0. The lowest BCUT2D eigenvalue weighted by Gasteiger charge is -2.20. The van der Waals surface area contributed by atoms with Gasteiger partial charge in [-0.3, -0.25) is 0 Å². The zero-order valence-corrected chi connectivity index (χ0v) is 12.6. The molecular weight excluding hydrogens is 242 g/mol. The molecule has 0 atom stereocenters. The Morgan fingerprint density at radius 2 is 2.28 bits per heavy atom. The van der Waals surface area contributed by atoms with E-state index < -0.39 is 0 Å². The zero-order chi connectivity index (χ0) is 13.0. The third-order valence-electron chi connectivity index (χ3n) is 3.17. The van der Waals surface area contributed by atoms with Gasteiger partial charge >= 0.3 is 0 Å². The normalized spacial score (nSPS) is 15.3. The first kappa shape index (κ1) is 13.8. The highest BCUT2D eigenvalue weighted by Gasteiger charge is 2.25. The number of thiazole rings is 1. The van der Waals surface area contributed by atoms with Crippen LogP contribution in [0.15, 0.2) is 6.20 Å². The summed E-state index contributed by atoms with van der Waals surface area (Å²) in [6.07, 6.45) is 6.05. The molecule has 1 heterocycles. The van der Waals surface area contributed by atoms with Gasteiger partial charge in [-0.15, -0.1) is 11.3 Å². The lowest BCUT2D eigenvalue weighted by Crippen LogP contribution is -2.26. The van der Waals surface area contributed by atoms with Crippen LogP contribution in [0.1, 0.15) is 44.9 Å². The molecule has 4 heteroatoms. The number of aromatic nitrogens is 1. The Hall–Kier alpha value is -0.610. The minimum Gasteiger partial charge on any atom is -0.348 e. The Balaban J connectivity index is 1.92. The molecule has 18 heavy (non-hydrogen) atoms. The van der Waals surface area contributed by atoms with Crippen molar-refractivity contribution in [3.05, 3.63) is 11.1 Å². The fourth-order valence-electron chi connectivity index (χ4n) is 1.98. The van der Waals surface area contributed by atoms with Crippen molar-refractivity contribution in [2.45, 2.75) is 52.6 Å². The van der Waals surface area contributed by atoms with E-state index in [1.54, 1.807) is 0 Å². The molecule has 1 aliphatic carbocycles. The molecule has 0 bridgehead atoms. The van der Waals surface area contributed by atoms with E-state index in [4.69, 9.17) is 0 Å². The molecule has 1 saturated carbocycles. The van der Waals surface area contributed by atoms with Gasteiger partial charge in [0.05, 0.1) is 0 Å². The number of nitrogens with one attached hydrogen (secondary N) is 1. The molecule has 3 nitrogen and oxygen atoms in total. The zero-order valence-electron chi connectivity index (χ0n) is 11.8. The average Bonchev–Trinajstić information content (AvgIpc) is 3.02. The predicted molar refractivity (Wildman–Crippen MR) is 79.3 cm³/mol. The molecule has 1 fully saturated rings. The largest absolute Gasteiger partial charge is 0.348 e. The predicted octanol–water partition coefficient (Wildman–Crippen LogP) is 3.27. The SMILES string of the molecule is CCCN(CC1CC1)c1ncc(CNC(C)C)s1. The van der Waals surface area contributed by atoms with Gasteiger partial charge in [-0.1, -0.05) is 20.8 Å². The van der Waals surface area contributed by atoms with Gasteiger partial charge in [0.2, 0.25) is 0 Å². The fourth-order valence-corrected chi connectivity index (χ4v) is 2.87. The lowest BCUT2D eigenvalue weighted by atomic mass is 10.3. The Labute approximate surface area is 115 Å². The second-order valence-corrected chi connectivity index (χ2v) is 6.63. The summed E-state index contributed by atoms with van der Waals surface area (Å²) in [6.45, 7) is 9.89. The van der Waals surface area contributed by atoms with Crippen molar-refractivity contribution in [1.82, 2.24) is 10.3 Å². The molecule has 0 unspecified atom stereocenters. The van der Waals surface area contributed by atoms with E-state index in [-0.39, 0.29) is 0 Å². The highest BCUT2D eigenvalue weighted by molar-refractivity contribution is 7.15. The van der Waals surface area contributed by atoms with Crippen molar-refractivity contribution in [1.29, 1.82) is 0 Å². The molecule has 0 radical (unpaired) electrons. The van der Waals surface area contributed by atoms with Crippen molar-refractivity contribution in [3.8, 4) is 0 Å². The molecule has 0 spiro atoms. The third kappa shape index (κ3) is 4.25. The van der Waals surface area contributed by atoms with E-state index in [0.29, 0.717) is 6.04 Å². The minimum atomic E-state index is 0.536. The van der Waals surface area contributed by atoms with Crippen molar-refractivity contribution in [2.24, 2.45) is 5.92 Å². The molecule has 0 aliphatic heterocycles. The summed E-state index contributed by atoms with van der Waals surface area (Å²) in [4.78, 5) is 8.41. The molecule has 1 N–H and O–H groups in total. The van der Waals surface area contributed by atoms with Crippen LogP contribution < -0.4 is 10.2 Å². The van der Waals surface area contributed by atoms with E-state index in [1.165, 1.54) is 35.8 Å². The maximum atomic E-state index is 4.60. The first-order valence-corrected chi connectivity index (χ1v) is 7.93. The van der Waals surface area contributed by atoms with Gasteiger partial charge in [0.1, 0.15) is 0 Å². The number of hydrogen-bond acceptors (Lipinski definition) is 4. The van der Waals surface area contributed by atoms with Gasteiger partial charge in [0.25, 0.3) is 0 Å². The number of anilines is 1. The molecule has 0 amide bonds. The second kappa shape index (κ2) is 6.53. The lowest BCUT2D eigenvalue weighted by molar-refractivity contribution is 0.593. The quantitative estimate of drug-likeness (QED) is 0.783. The Kier molecular flexibility index (Phi) is 5.01. The summed E-state index contributed by atoms with van der Waals surface area (Å²) in [5, 5.41) is 4.66. The number of hydrogen-bond donors (Lipinski definition) is 1. The second-order valence-electron chi connectivity index (χ2n) is 5.53. The van der Waals surface area contributed by atoms with Gasteiger partial charge in [-0.2, -0.15) is 0 Å². The van der Waals surface area contributed by atoms with Gasteiger partial charge in [0.15, 0.2) is 5.13 Å². The van der Waals surface area contributed by atoms with Crippen molar-refractivity contribution in [3.63, 3.8) is 0 Å². The summed E-state index contributed by atoms with van der Waals surface area (Å²) in [5.41, 5.74) is 0. The monoisotopic (exact) mass is 267 g/mol. The maximum absolute atomic E-state index is 4.60. The van der Waals surface area contributed by atoms with E-state index >= 15 is 0 Å². The van der Waals surface area contributed by atoms with Crippen LogP contribution in [-0.2, 0) is 6.54 Å². The summed E-state index contributed by atoms with van der Waals surface area (Å²) >= 11 is 1.84. The summed E-state index contributed by atoms with van der Waals surface area (Å²) in [7, 11) is 0. The van der Waals surface area contributed by atoms with Crippen LogP contribution in [0.5, 0.6) is 0 Å². The smallest absolute Gasteiger partial charge is 0.185 e. The van der Waals surface area contributed by atoms with E-state index in [0.717, 1.165) is 19.0 Å². The molecule has 102 valence electrons. The summed E-state index contributed by atoms with van der Waals surface area (Å²) in [6, 6.07) is 0.536. The number of rotatable bonds is 8. The van der Waals surface area contributed by atoms with Crippen LogP contribution in [-0.4, -0.2) is 24.1 Å². The molecule has 2 rings (SSSR count). The van der Waals surface area contributed by atoms with Gasteiger partial charge < -0.3 is 10.2 Å². The van der Waals surface area contributed by atoms with Crippen LogP contribution in [0, 0.1) is 5.92 Å². The first-order chi connectivity index (χ1) is 8.69. The van der Waals surface area contributed by atoms with Crippen LogP contribution in [0.2, 0.25) is 0 Å². The molecule has 1 aromatic heterocycles. The van der Waals surface area contributed by atoms with E-state index in [2.05, 4.69) is 36.0 Å². The van der Waals surface area contributed by atoms with Crippen LogP contribution >= 0.6 is 11.3 Å². The maximum Gasteiger partial charge on any atom is 0.185 e. The van der Waals surface area contributed by atoms with Gasteiger partial charge in [-0.05, 0) is 25.2 Å². The van der Waals surface area contributed by atoms with Crippen LogP contribution in [0.3, 0.4) is 0 Å². The van der Waals surface area contributed by atoms with Crippen molar-refractivity contribution < 1.29 is 0 Å². The third-order valence-corrected chi connectivity index (χ3v) is 4.22. The molecule has 1 aromatic rings. The van der Waals surface area contributed by atoms with Crippen LogP contribution in [0.4, 0.5) is 5.13 Å². The highest BCUT2D eigenvalue weighted by Crippen LogP contribution is 2.32. The Morgan fingerprint density at radius 3 is 2.89 bits per heavy atom. The molecule has 0 aromatic carbocycles. The van der Waals surface area contributed by atoms with Crippen molar-refractivity contribution in [2.75, 3.05) is 18.0 Å². The standard InChI is InChI=1S/C14H25N3S/c1-4-7-17(10-12-5-6-12)14-16-9-13(18-14)8-15-11(2)3/h9,11-12,15H,4-8,10H2,1-3H3. The Morgan fingerprint density at radius 1 is 1.50 bits per heavy atom. The average molecular weight is 267 g/mol. The van der Waals surface area contributed by atoms with E-state index in [9.17, 15) is 0 Å². The van der Waals surface area contributed by atoms with Gasteiger partial charge in [0, 0.05) is 36.8 Å². The first-order valence-electron chi connectivity index (χ1n) is 7.12. The highest BCUT2D eigenvalue weighted by atomic mass is 32.1. The van der Waals surface area contributed by atoms with Crippen LogP contribution in [0.25, 0.3) is 0 Å². The minimum absolute atomic E-state index is 0.536. The molecular formula is C14H25N3S. The Bertz CT molecular complexity index is 358. The fraction of sp³-hybridized carbons (Fsp3) is 0.786. The summed E-state index contributed by atoms with van der Waals surface area (Å²) in [5.74, 6) is 0.928. The number of nitrogens with zero attached hydrogens (tertiary/aromatic N) is 2. The van der Waals surface area contributed by atoms with Crippen molar-refractivity contribution >= 4 is 16.5 Å².